The molecule has 37 heavy (non-hydrogen) atoms. The molecule has 0 aliphatic carbocycles. The Labute approximate surface area is 221 Å². The van der Waals surface area contributed by atoms with Crippen molar-refractivity contribution in [3.63, 3.8) is 0 Å². The number of unbranched alkanes of at least 4 members (excludes halogenated alkanes) is 1. The van der Waals surface area contributed by atoms with Gasteiger partial charge in [0.15, 0.2) is 0 Å². The maximum atomic E-state index is 15.7. The molecular formula is C29H44FN5O2. The van der Waals surface area contributed by atoms with Crippen molar-refractivity contribution in [2.75, 3.05) is 45.7 Å². The summed E-state index contributed by atoms with van der Waals surface area (Å²) in [4.78, 5) is 21.3. The predicted octanol–water partition coefficient (Wildman–Crippen LogP) is 5.41. The number of benzene rings is 1. The standard InChI is InChI=1S/C29H44FN5O2/c1-7-9-18-37-23-19-24(30)26(25(20-23)31-5)29(8-2)13-11-16-35(17-14-29)28(32-22(4)36)33-27-21(3)12-10-15-34(27)6/h8,19-20,31H,2,7,9-18H2,1,3-6H3,(H,32,33,36). The van der Waals surface area contributed by atoms with Crippen molar-refractivity contribution < 1.29 is 13.9 Å². The van der Waals surface area contributed by atoms with Crippen LogP contribution in [-0.4, -0.2) is 62.0 Å². The summed E-state index contributed by atoms with van der Waals surface area (Å²) in [5.74, 6) is 1.57. The van der Waals surface area contributed by atoms with Gasteiger partial charge in [-0.1, -0.05) is 19.4 Å². The van der Waals surface area contributed by atoms with Gasteiger partial charge in [0.05, 0.1) is 6.61 Å². The summed E-state index contributed by atoms with van der Waals surface area (Å²) in [6.45, 7) is 12.7. The van der Waals surface area contributed by atoms with Crippen molar-refractivity contribution in [1.29, 1.82) is 0 Å². The summed E-state index contributed by atoms with van der Waals surface area (Å²) in [5, 5.41) is 6.16. The normalized spacial score (nSPS) is 21.0. The highest BCUT2D eigenvalue weighted by atomic mass is 19.1. The Hall–Kier alpha value is -3.03. The van der Waals surface area contributed by atoms with Gasteiger partial charge in [-0.15, -0.1) is 6.58 Å². The average Bonchev–Trinajstić information content (AvgIpc) is 3.08. The first-order chi connectivity index (χ1) is 17.7. The molecule has 0 radical (unpaired) electrons. The molecule has 0 saturated carbocycles. The van der Waals surface area contributed by atoms with Gasteiger partial charge in [-0.05, 0) is 51.0 Å². The van der Waals surface area contributed by atoms with Crippen LogP contribution in [-0.2, 0) is 10.2 Å². The van der Waals surface area contributed by atoms with Gasteiger partial charge in [-0.2, -0.15) is 4.99 Å². The Morgan fingerprint density at radius 1 is 1.27 bits per heavy atom. The highest BCUT2D eigenvalue weighted by Gasteiger charge is 2.37. The van der Waals surface area contributed by atoms with Crippen LogP contribution in [0.2, 0.25) is 0 Å². The number of halogens is 1. The summed E-state index contributed by atoms with van der Waals surface area (Å²) < 4.78 is 21.5. The molecule has 8 heteroatoms. The van der Waals surface area contributed by atoms with E-state index in [1.165, 1.54) is 18.6 Å². The minimum Gasteiger partial charge on any atom is -0.493 e. The van der Waals surface area contributed by atoms with E-state index in [9.17, 15) is 4.79 Å². The van der Waals surface area contributed by atoms with E-state index < -0.39 is 5.41 Å². The third-order valence-electron chi connectivity index (χ3n) is 7.45. The van der Waals surface area contributed by atoms with E-state index in [4.69, 9.17) is 9.73 Å². The molecule has 1 atom stereocenters. The zero-order valence-electron chi connectivity index (χ0n) is 23.3. The maximum absolute atomic E-state index is 15.7. The number of hydrogen-bond acceptors (Lipinski definition) is 5. The molecule has 2 N–H and O–H groups in total. The molecule has 1 fully saturated rings. The van der Waals surface area contributed by atoms with Crippen LogP contribution in [0.3, 0.4) is 0 Å². The van der Waals surface area contributed by atoms with Crippen LogP contribution in [0.4, 0.5) is 10.1 Å². The molecule has 1 amide bonds. The van der Waals surface area contributed by atoms with Gasteiger partial charge in [0, 0.05) is 69.5 Å². The number of carbonyl (C=O) groups excluding carboxylic acids is 1. The maximum Gasteiger partial charge on any atom is 0.223 e. The first-order valence-corrected chi connectivity index (χ1v) is 13.5. The molecule has 2 aliphatic rings. The van der Waals surface area contributed by atoms with Crippen LogP contribution in [0.5, 0.6) is 5.75 Å². The monoisotopic (exact) mass is 513 g/mol. The van der Waals surface area contributed by atoms with Gasteiger partial charge >= 0.3 is 0 Å². The fourth-order valence-corrected chi connectivity index (χ4v) is 5.37. The number of carbonyl (C=O) groups is 1. The van der Waals surface area contributed by atoms with E-state index in [2.05, 4.69) is 40.9 Å². The lowest BCUT2D eigenvalue weighted by atomic mass is 9.73. The molecule has 0 bridgehead atoms. The second-order valence-electron chi connectivity index (χ2n) is 10.2. The average molecular weight is 514 g/mol. The summed E-state index contributed by atoms with van der Waals surface area (Å²) in [7, 11) is 3.85. The lowest BCUT2D eigenvalue weighted by Gasteiger charge is -2.33. The molecular weight excluding hydrogens is 469 g/mol. The molecule has 1 unspecified atom stereocenters. The van der Waals surface area contributed by atoms with Crippen LogP contribution in [0.15, 0.2) is 41.2 Å². The second kappa shape index (κ2) is 13.0. The summed E-state index contributed by atoms with van der Waals surface area (Å²) in [6.07, 6.45) is 8.13. The number of ether oxygens (including phenoxy) is 1. The smallest absolute Gasteiger partial charge is 0.223 e. The highest BCUT2D eigenvalue weighted by Crippen LogP contribution is 2.43. The molecule has 7 nitrogen and oxygen atoms in total. The second-order valence-corrected chi connectivity index (χ2v) is 10.2. The Morgan fingerprint density at radius 2 is 2.05 bits per heavy atom. The Bertz CT molecular complexity index is 1040. The predicted molar refractivity (Wildman–Crippen MR) is 149 cm³/mol. The third kappa shape index (κ3) is 6.84. The lowest BCUT2D eigenvalue weighted by molar-refractivity contribution is -0.117. The molecule has 2 heterocycles. The van der Waals surface area contributed by atoms with E-state index in [0.29, 0.717) is 43.4 Å². The minimum atomic E-state index is -0.558. The highest BCUT2D eigenvalue weighted by molar-refractivity contribution is 5.96. The molecule has 1 aromatic carbocycles. The van der Waals surface area contributed by atoms with Crippen LogP contribution in [0, 0.1) is 5.82 Å². The summed E-state index contributed by atoms with van der Waals surface area (Å²) in [5.41, 5.74) is 2.00. The largest absolute Gasteiger partial charge is 0.493 e. The summed E-state index contributed by atoms with van der Waals surface area (Å²) >= 11 is 0. The number of amides is 1. The van der Waals surface area contributed by atoms with Crippen molar-refractivity contribution in [3.8, 4) is 5.75 Å². The lowest BCUT2D eigenvalue weighted by Crippen LogP contribution is -2.45. The summed E-state index contributed by atoms with van der Waals surface area (Å²) in [6, 6.07) is 3.39. The number of anilines is 1. The number of likely N-dealkylation sites (tertiary alicyclic amines) is 1. The van der Waals surface area contributed by atoms with Gasteiger partial charge in [0.2, 0.25) is 11.9 Å². The zero-order chi connectivity index (χ0) is 27.0. The molecule has 2 aliphatic heterocycles. The molecule has 0 aromatic heterocycles. The first kappa shape index (κ1) is 28.5. The third-order valence-corrected chi connectivity index (χ3v) is 7.45. The molecule has 3 rings (SSSR count). The molecule has 204 valence electrons. The Morgan fingerprint density at radius 3 is 2.70 bits per heavy atom. The number of hydrogen-bond donors (Lipinski definition) is 2. The number of guanidine groups is 1. The van der Waals surface area contributed by atoms with E-state index in [1.54, 1.807) is 0 Å². The van der Waals surface area contributed by atoms with Crippen molar-refractivity contribution in [3.05, 3.63) is 47.6 Å². The van der Waals surface area contributed by atoms with Crippen molar-refractivity contribution >= 4 is 17.6 Å². The van der Waals surface area contributed by atoms with Crippen LogP contribution in [0.1, 0.15) is 71.3 Å². The molecule has 1 saturated heterocycles. The van der Waals surface area contributed by atoms with E-state index >= 15 is 4.39 Å². The van der Waals surface area contributed by atoms with Crippen LogP contribution < -0.4 is 15.4 Å². The van der Waals surface area contributed by atoms with E-state index in [1.807, 2.05) is 26.2 Å². The van der Waals surface area contributed by atoms with Crippen LogP contribution in [0.25, 0.3) is 0 Å². The van der Waals surface area contributed by atoms with Gasteiger partial charge in [-0.3, -0.25) is 10.1 Å². The van der Waals surface area contributed by atoms with Gasteiger partial charge in [0.1, 0.15) is 17.4 Å². The fraction of sp³-hybridized carbons (Fsp3) is 0.586. The van der Waals surface area contributed by atoms with Gasteiger partial charge in [0.25, 0.3) is 0 Å². The van der Waals surface area contributed by atoms with Crippen molar-refractivity contribution in [2.45, 2.75) is 71.1 Å². The number of allylic oxidation sites excluding steroid dienone is 2. The minimum absolute atomic E-state index is 0.156. The fourth-order valence-electron chi connectivity index (χ4n) is 5.37. The Kier molecular flexibility index (Phi) is 10.0. The molecule has 0 spiro atoms. The van der Waals surface area contributed by atoms with E-state index in [0.717, 1.165) is 56.6 Å². The number of nitrogens with one attached hydrogen (secondary N) is 2. The van der Waals surface area contributed by atoms with Gasteiger partial charge in [-0.25, -0.2) is 4.39 Å². The SMILES string of the molecule is C=CC1(c2c(F)cc(OCCCC)cc2NC)CCCN(/C(=N/C2=C(C)CCCN2C)NC(C)=O)CC1. The van der Waals surface area contributed by atoms with Crippen LogP contribution >= 0.6 is 0 Å². The van der Waals surface area contributed by atoms with E-state index in [-0.39, 0.29) is 11.7 Å². The molecule has 1 aromatic rings. The quantitative estimate of drug-likeness (QED) is 0.211. The Balaban J connectivity index is 1.92. The first-order valence-electron chi connectivity index (χ1n) is 13.5. The zero-order valence-corrected chi connectivity index (χ0v) is 23.3. The number of aliphatic imine (C=N–C) groups is 1. The van der Waals surface area contributed by atoms with Crippen molar-refractivity contribution in [2.24, 2.45) is 4.99 Å². The van der Waals surface area contributed by atoms with Gasteiger partial charge < -0.3 is 19.9 Å². The number of rotatable bonds is 8. The van der Waals surface area contributed by atoms with Crippen molar-refractivity contribution in [1.82, 2.24) is 15.1 Å². The topological polar surface area (TPSA) is 69.2 Å². The number of nitrogens with zero attached hydrogens (tertiary/aromatic N) is 3.